The van der Waals surface area contributed by atoms with Gasteiger partial charge in [-0.05, 0) is 23.3 Å². The van der Waals surface area contributed by atoms with Crippen LogP contribution in [0.5, 0.6) is 0 Å². The number of amides is 1. The summed E-state index contributed by atoms with van der Waals surface area (Å²) in [5.74, 6) is -0.505. The molecule has 0 saturated carbocycles. The Morgan fingerprint density at radius 3 is 2.43 bits per heavy atom. The molecule has 2 aromatic carbocycles. The fraction of sp³-hybridized carbons (Fsp3) is 0.316. The van der Waals surface area contributed by atoms with Crippen molar-refractivity contribution in [2.75, 3.05) is 26.3 Å². The molecule has 1 heterocycles. The van der Waals surface area contributed by atoms with E-state index in [-0.39, 0.29) is 28.8 Å². The van der Waals surface area contributed by atoms with E-state index < -0.39 is 10.0 Å². The molecule has 1 amide bonds. The van der Waals surface area contributed by atoms with Crippen molar-refractivity contribution in [3.63, 3.8) is 0 Å². The van der Waals surface area contributed by atoms with E-state index in [1.165, 1.54) is 4.31 Å². The van der Waals surface area contributed by atoms with Crippen LogP contribution in [0.25, 0.3) is 0 Å². The van der Waals surface area contributed by atoms with Gasteiger partial charge in [0, 0.05) is 19.6 Å². The molecule has 2 aromatic rings. The van der Waals surface area contributed by atoms with Gasteiger partial charge in [0.1, 0.15) is 0 Å². The number of hydrogen-bond acceptors (Lipinski definition) is 4. The van der Waals surface area contributed by atoms with Crippen molar-refractivity contribution in [2.45, 2.75) is 12.3 Å². The highest BCUT2D eigenvalue weighted by Gasteiger charge is 2.25. The zero-order valence-corrected chi connectivity index (χ0v) is 17.4. The molecule has 3 rings (SSSR count). The molecule has 0 aromatic heterocycles. The summed E-state index contributed by atoms with van der Waals surface area (Å²) in [7, 11) is -3.46. The van der Waals surface area contributed by atoms with Gasteiger partial charge in [-0.2, -0.15) is 4.31 Å². The van der Waals surface area contributed by atoms with Gasteiger partial charge in [-0.3, -0.25) is 4.79 Å². The van der Waals surface area contributed by atoms with E-state index in [0.717, 1.165) is 5.56 Å². The lowest BCUT2D eigenvalue weighted by Gasteiger charge is -2.26. The Morgan fingerprint density at radius 2 is 1.71 bits per heavy atom. The maximum Gasteiger partial charge on any atom is 0.253 e. The van der Waals surface area contributed by atoms with Crippen LogP contribution in [-0.2, 0) is 27.1 Å². The highest BCUT2D eigenvalue weighted by molar-refractivity contribution is 7.88. The van der Waals surface area contributed by atoms with Gasteiger partial charge in [-0.15, -0.1) is 0 Å². The van der Waals surface area contributed by atoms with Crippen molar-refractivity contribution < 1.29 is 17.9 Å². The highest BCUT2D eigenvalue weighted by atomic mass is 35.5. The lowest BCUT2D eigenvalue weighted by Crippen LogP contribution is -2.41. The molecule has 1 saturated heterocycles. The van der Waals surface area contributed by atoms with Gasteiger partial charge in [0.25, 0.3) is 5.91 Å². The summed E-state index contributed by atoms with van der Waals surface area (Å²) in [6, 6.07) is 12.0. The van der Waals surface area contributed by atoms with E-state index >= 15 is 0 Å². The van der Waals surface area contributed by atoms with Crippen LogP contribution in [0.4, 0.5) is 0 Å². The molecule has 0 spiro atoms. The van der Waals surface area contributed by atoms with Gasteiger partial charge in [-0.1, -0.05) is 53.5 Å². The van der Waals surface area contributed by atoms with Crippen LogP contribution in [0.3, 0.4) is 0 Å². The topological polar surface area (TPSA) is 75.7 Å². The quantitative estimate of drug-likeness (QED) is 0.745. The first kappa shape index (κ1) is 21.1. The number of morpholine rings is 1. The molecule has 28 heavy (non-hydrogen) atoms. The third-order valence-corrected chi connectivity index (χ3v) is 7.10. The minimum atomic E-state index is -3.46. The van der Waals surface area contributed by atoms with Gasteiger partial charge < -0.3 is 10.1 Å². The summed E-state index contributed by atoms with van der Waals surface area (Å²) in [6.07, 6.45) is 0. The first-order chi connectivity index (χ1) is 13.4. The maximum absolute atomic E-state index is 12.7. The molecule has 0 bridgehead atoms. The number of hydrogen-bond donors (Lipinski definition) is 1. The average molecular weight is 443 g/mol. The lowest BCUT2D eigenvalue weighted by atomic mass is 10.1. The summed E-state index contributed by atoms with van der Waals surface area (Å²) in [5.41, 5.74) is 1.64. The second-order valence-electron chi connectivity index (χ2n) is 6.32. The molecule has 9 heteroatoms. The molecule has 0 radical (unpaired) electrons. The second kappa shape index (κ2) is 9.24. The molecule has 0 atom stereocenters. The summed E-state index contributed by atoms with van der Waals surface area (Å²) in [6.45, 7) is 1.69. The Kier molecular flexibility index (Phi) is 6.95. The van der Waals surface area contributed by atoms with Crippen molar-refractivity contribution in [1.29, 1.82) is 0 Å². The Balaban J connectivity index is 1.72. The molecule has 1 aliphatic heterocycles. The van der Waals surface area contributed by atoms with Crippen molar-refractivity contribution in [1.82, 2.24) is 9.62 Å². The highest BCUT2D eigenvalue weighted by Crippen LogP contribution is 2.25. The molecular formula is C19H20Cl2N2O4S. The number of nitrogens with zero attached hydrogens (tertiary/aromatic N) is 1. The summed E-state index contributed by atoms with van der Waals surface area (Å²) in [5, 5.41) is 3.26. The Morgan fingerprint density at radius 1 is 1.04 bits per heavy atom. The third kappa shape index (κ3) is 5.04. The Labute approximate surface area is 174 Å². The number of sulfonamides is 1. The first-order valence-electron chi connectivity index (χ1n) is 8.73. The van der Waals surface area contributed by atoms with Crippen molar-refractivity contribution in [3.05, 3.63) is 69.2 Å². The van der Waals surface area contributed by atoms with Gasteiger partial charge >= 0.3 is 0 Å². The predicted octanol–water partition coefficient (Wildman–Crippen LogP) is 3.09. The smallest absolute Gasteiger partial charge is 0.253 e. The number of halogens is 2. The SMILES string of the molecule is O=C(NCc1ccccc1CS(=O)(=O)N1CCOCC1)c1cccc(Cl)c1Cl. The molecule has 1 aliphatic rings. The van der Waals surface area contributed by atoms with E-state index in [0.29, 0.717) is 36.9 Å². The van der Waals surface area contributed by atoms with Crippen molar-refractivity contribution >= 4 is 39.1 Å². The van der Waals surface area contributed by atoms with Crippen LogP contribution in [0.2, 0.25) is 10.0 Å². The number of ether oxygens (including phenoxy) is 1. The van der Waals surface area contributed by atoms with E-state index in [2.05, 4.69) is 5.32 Å². The van der Waals surface area contributed by atoms with E-state index in [9.17, 15) is 13.2 Å². The zero-order valence-electron chi connectivity index (χ0n) is 15.0. The van der Waals surface area contributed by atoms with Gasteiger partial charge in [0.2, 0.25) is 10.0 Å². The number of carbonyl (C=O) groups excluding carboxylic acids is 1. The van der Waals surface area contributed by atoms with Gasteiger partial charge in [0.15, 0.2) is 0 Å². The Bertz CT molecular complexity index is 960. The van der Waals surface area contributed by atoms with Gasteiger partial charge in [0.05, 0.1) is 34.6 Å². The first-order valence-corrected chi connectivity index (χ1v) is 11.1. The van der Waals surface area contributed by atoms with E-state index in [1.807, 2.05) is 0 Å². The molecule has 0 unspecified atom stereocenters. The van der Waals surface area contributed by atoms with Crippen LogP contribution in [0.1, 0.15) is 21.5 Å². The second-order valence-corrected chi connectivity index (χ2v) is 9.07. The summed E-state index contributed by atoms with van der Waals surface area (Å²) in [4.78, 5) is 12.4. The molecule has 1 N–H and O–H groups in total. The van der Waals surface area contributed by atoms with Crippen LogP contribution in [0, 0.1) is 0 Å². The number of carbonyl (C=O) groups is 1. The predicted molar refractivity (Wildman–Crippen MR) is 109 cm³/mol. The lowest BCUT2D eigenvalue weighted by molar-refractivity contribution is 0.0729. The zero-order chi connectivity index (χ0) is 20.1. The van der Waals surface area contributed by atoms with Crippen LogP contribution in [0.15, 0.2) is 42.5 Å². The minimum absolute atomic E-state index is 0.128. The monoisotopic (exact) mass is 442 g/mol. The summed E-state index contributed by atoms with van der Waals surface area (Å²) < 4.78 is 32.1. The maximum atomic E-state index is 12.7. The number of rotatable bonds is 6. The Hall–Kier alpha value is -1.64. The van der Waals surface area contributed by atoms with E-state index in [4.69, 9.17) is 27.9 Å². The van der Waals surface area contributed by atoms with Crippen LogP contribution in [-0.4, -0.2) is 44.9 Å². The fourth-order valence-electron chi connectivity index (χ4n) is 2.93. The minimum Gasteiger partial charge on any atom is -0.379 e. The van der Waals surface area contributed by atoms with Crippen LogP contribution < -0.4 is 5.32 Å². The normalized spacial score (nSPS) is 15.4. The molecule has 150 valence electrons. The standard InChI is InChI=1S/C19H20Cl2N2O4S/c20-17-7-3-6-16(18(17)21)19(24)22-12-14-4-1-2-5-15(14)13-28(25,26)23-8-10-27-11-9-23/h1-7H,8-13H2,(H,22,24). The van der Waals surface area contributed by atoms with Gasteiger partial charge in [-0.25, -0.2) is 8.42 Å². The summed E-state index contributed by atoms with van der Waals surface area (Å²) >= 11 is 12.0. The van der Waals surface area contributed by atoms with Crippen LogP contribution >= 0.6 is 23.2 Å². The fourth-order valence-corrected chi connectivity index (χ4v) is 4.88. The van der Waals surface area contributed by atoms with E-state index in [1.54, 1.807) is 42.5 Å². The average Bonchev–Trinajstić information content (AvgIpc) is 2.69. The molecular weight excluding hydrogens is 423 g/mol. The molecule has 0 aliphatic carbocycles. The number of nitrogens with one attached hydrogen (secondary N) is 1. The largest absolute Gasteiger partial charge is 0.379 e. The van der Waals surface area contributed by atoms with Crippen molar-refractivity contribution in [2.24, 2.45) is 0 Å². The number of benzene rings is 2. The molecule has 1 fully saturated rings. The van der Waals surface area contributed by atoms with Crippen molar-refractivity contribution in [3.8, 4) is 0 Å². The third-order valence-electron chi connectivity index (χ3n) is 4.46. The molecule has 6 nitrogen and oxygen atoms in total.